The maximum Gasteiger partial charge on any atom is 0.253 e. The van der Waals surface area contributed by atoms with Crippen molar-refractivity contribution in [1.29, 1.82) is 0 Å². The van der Waals surface area contributed by atoms with Crippen molar-refractivity contribution in [3.8, 4) is 5.75 Å². The molecule has 1 aliphatic rings. The molecule has 92 valence electrons. The summed E-state index contributed by atoms with van der Waals surface area (Å²) in [6, 6.07) is 5.69. The van der Waals surface area contributed by atoms with Crippen LogP contribution < -0.4 is 10.1 Å². The SMILES string of the molecule is COc1ccc(C)cc1NC(=O)[C@@H]1CCCO1. The average molecular weight is 235 g/mol. The Bertz CT molecular complexity index is 411. The molecule has 0 unspecified atom stereocenters. The first-order chi connectivity index (χ1) is 8.20. The molecule has 0 aromatic heterocycles. The van der Waals surface area contributed by atoms with Gasteiger partial charge in [-0.05, 0) is 37.5 Å². The highest BCUT2D eigenvalue weighted by Crippen LogP contribution is 2.26. The minimum Gasteiger partial charge on any atom is -0.495 e. The Kier molecular flexibility index (Phi) is 3.64. The molecule has 1 aromatic rings. The molecule has 0 saturated carbocycles. The van der Waals surface area contributed by atoms with Crippen LogP contribution in [-0.4, -0.2) is 25.7 Å². The summed E-state index contributed by atoms with van der Waals surface area (Å²) in [5.41, 5.74) is 1.78. The maximum absolute atomic E-state index is 11.9. The summed E-state index contributed by atoms with van der Waals surface area (Å²) < 4.78 is 10.5. The molecule has 1 saturated heterocycles. The van der Waals surface area contributed by atoms with Crippen LogP contribution in [0.3, 0.4) is 0 Å². The molecule has 0 aliphatic carbocycles. The van der Waals surface area contributed by atoms with Crippen LogP contribution in [-0.2, 0) is 9.53 Å². The smallest absolute Gasteiger partial charge is 0.253 e. The summed E-state index contributed by atoms with van der Waals surface area (Å²) >= 11 is 0. The van der Waals surface area contributed by atoms with E-state index >= 15 is 0 Å². The molecule has 2 rings (SSSR count). The predicted molar refractivity (Wildman–Crippen MR) is 65.3 cm³/mol. The van der Waals surface area contributed by atoms with Gasteiger partial charge in [0.15, 0.2) is 0 Å². The number of anilines is 1. The Morgan fingerprint density at radius 2 is 2.35 bits per heavy atom. The number of carbonyl (C=O) groups excluding carboxylic acids is 1. The van der Waals surface area contributed by atoms with Crippen LogP contribution in [0.25, 0.3) is 0 Å². The second-order valence-corrected chi connectivity index (χ2v) is 4.19. The van der Waals surface area contributed by atoms with Crippen LogP contribution in [0.5, 0.6) is 5.75 Å². The van der Waals surface area contributed by atoms with E-state index in [0.717, 1.165) is 18.4 Å². The topological polar surface area (TPSA) is 47.6 Å². The molecule has 0 radical (unpaired) electrons. The van der Waals surface area contributed by atoms with Crippen LogP contribution in [0.15, 0.2) is 18.2 Å². The quantitative estimate of drug-likeness (QED) is 0.873. The molecular formula is C13H17NO3. The molecule has 4 nitrogen and oxygen atoms in total. The fourth-order valence-corrected chi connectivity index (χ4v) is 1.92. The van der Waals surface area contributed by atoms with E-state index < -0.39 is 0 Å². The summed E-state index contributed by atoms with van der Waals surface area (Å²) in [6.07, 6.45) is 1.42. The standard InChI is InChI=1S/C13H17NO3/c1-9-5-6-11(16-2)10(8-9)14-13(15)12-4-3-7-17-12/h5-6,8,12H,3-4,7H2,1-2H3,(H,14,15)/t12-/m0/s1. The monoisotopic (exact) mass is 235 g/mol. The van der Waals surface area contributed by atoms with Crippen LogP contribution >= 0.6 is 0 Å². The summed E-state index contributed by atoms with van der Waals surface area (Å²) in [7, 11) is 1.59. The highest BCUT2D eigenvalue weighted by Gasteiger charge is 2.24. The Morgan fingerprint density at radius 1 is 1.53 bits per heavy atom. The van der Waals surface area contributed by atoms with Crippen molar-refractivity contribution in [2.45, 2.75) is 25.9 Å². The highest BCUT2D eigenvalue weighted by molar-refractivity contribution is 5.95. The molecule has 1 N–H and O–H groups in total. The molecule has 0 spiro atoms. The Morgan fingerprint density at radius 3 is 3.00 bits per heavy atom. The van der Waals surface area contributed by atoms with Gasteiger partial charge < -0.3 is 14.8 Å². The molecule has 1 fully saturated rings. The zero-order valence-corrected chi connectivity index (χ0v) is 10.2. The van der Waals surface area contributed by atoms with E-state index in [1.165, 1.54) is 0 Å². The first kappa shape index (κ1) is 11.9. The van der Waals surface area contributed by atoms with Crippen molar-refractivity contribution < 1.29 is 14.3 Å². The van der Waals surface area contributed by atoms with Crippen molar-refractivity contribution in [3.63, 3.8) is 0 Å². The normalized spacial score (nSPS) is 19.1. The van der Waals surface area contributed by atoms with E-state index in [1.807, 2.05) is 25.1 Å². The largest absolute Gasteiger partial charge is 0.495 e. The number of carbonyl (C=O) groups is 1. The van der Waals surface area contributed by atoms with E-state index in [-0.39, 0.29) is 12.0 Å². The number of hydrogen-bond acceptors (Lipinski definition) is 3. The van der Waals surface area contributed by atoms with Gasteiger partial charge in [-0.15, -0.1) is 0 Å². The van der Waals surface area contributed by atoms with Gasteiger partial charge in [0.25, 0.3) is 5.91 Å². The minimum absolute atomic E-state index is 0.0913. The van der Waals surface area contributed by atoms with Gasteiger partial charge in [0.2, 0.25) is 0 Å². The summed E-state index contributed by atoms with van der Waals surface area (Å²) in [5.74, 6) is 0.577. The number of amides is 1. The van der Waals surface area contributed by atoms with E-state index in [2.05, 4.69) is 5.32 Å². The first-order valence-electron chi connectivity index (χ1n) is 5.78. The lowest BCUT2D eigenvalue weighted by Gasteiger charge is -2.13. The molecule has 1 heterocycles. The van der Waals surface area contributed by atoms with E-state index in [4.69, 9.17) is 9.47 Å². The van der Waals surface area contributed by atoms with Crippen molar-refractivity contribution >= 4 is 11.6 Å². The lowest BCUT2D eigenvalue weighted by molar-refractivity contribution is -0.124. The van der Waals surface area contributed by atoms with Crippen molar-refractivity contribution in [2.75, 3.05) is 19.0 Å². The molecule has 0 bridgehead atoms. The third kappa shape index (κ3) is 2.77. The number of benzene rings is 1. The summed E-state index contributed by atoms with van der Waals surface area (Å²) in [5, 5.41) is 2.86. The lowest BCUT2D eigenvalue weighted by Crippen LogP contribution is -2.27. The van der Waals surface area contributed by atoms with Gasteiger partial charge in [-0.3, -0.25) is 4.79 Å². The van der Waals surface area contributed by atoms with Gasteiger partial charge in [-0.2, -0.15) is 0 Å². The van der Waals surface area contributed by atoms with Crippen LogP contribution in [0.2, 0.25) is 0 Å². The number of rotatable bonds is 3. The Hall–Kier alpha value is -1.55. The maximum atomic E-state index is 11.9. The van der Waals surface area contributed by atoms with Crippen molar-refractivity contribution in [2.24, 2.45) is 0 Å². The predicted octanol–water partition coefficient (Wildman–Crippen LogP) is 2.12. The fraction of sp³-hybridized carbons (Fsp3) is 0.462. The van der Waals surface area contributed by atoms with Crippen LogP contribution in [0.4, 0.5) is 5.69 Å². The second kappa shape index (κ2) is 5.19. The van der Waals surface area contributed by atoms with E-state index in [0.29, 0.717) is 18.0 Å². The van der Waals surface area contributed by atoms with Gasteiger partial charge >= 0.3 is 0 Å². The van der Waals surface area contributed by atoms with E-state index in [9.17, 15) is 4.79 Å². The zero-order chi connectivity index (χ0) is 12.3. The van der Waals surface area contributed by atoms with Gasteiger partial charge in [-0.25, -0.2) is 0 Å². The fourth-order valence-electron chi connectivity index (χ4n) is 1.92. The third-order valence-corrected chi connectivity index (χ3v) is 2.83. The lowest BCUT2D eigenvalue weighted by atomic mass is 10.2. The number of methoxy groups -OCH3 is 1. The van der Waals surface area contributed by atoms with Crippen LogP contribution in [0.1, 0.15) is 18.4 Å². The van der Waals surface area contributed by atoms with Gasteiger partial charge in [0.1, 0.15) is 11.9 Å². The van der Waals surface area contributed by atoms with Crippen LogP contribution in [0, 0.1) is 6.92 Å². The number of ether oxygens (including phenoxy) is 2. The minimum atomic E-state index is -0.319. The van der Waals surface area contributed by atoms with Crippen molar-refractivity contribution in [3.05, 3.63) is 23.8 Å². The number of aryl methyl sites for hydroxylation is 1. The molecular weight excluding hydrogens is 218 g/mol. The Labute approximate surface area is 101 Å². The molecule has 1 amide bonds. The number of nitrogens with one attached hydrogen (secondary N) is 1. The zero-order valence-electron chi connectivity index (χ0n) is 10.2. The van der Waals surface area contributed by atoms with Gasteiger partial charge in [-0.1, -0.05) is 6.07 Å². The molecule has 17 heavy (non-hydrogen) atoms. The summed E-state index contributed by atoms with van der Waals surface area (Å²) in [6.45, 7) is 2.64. The highest BCUT2D eigenvalue weighted by atomic mass is 16.5. The molecule has 1 atom stereocenters. The average Bonchev–Trinajstić information content (AvgIpc) is 2.83. The third-order valence-electron chi connectivity index (χ3n) is 2.83. The van der Waals surface area contributed by atoms with E-state index in [1.54, 1.807) is 7.11 Å². The van der Waals surface area contributed by atoms with Gasteiger partial charge in [0, 0.05) is 6.61 Å². The van der Waals surface area contributed by atoms with Crippen molar-refractivity contribution in [1.82, 2.24) is 0 Å². The Balaban J connectivity index is 2.11. The first-order valence-corrected chi connectivity index (χ1v) is 5.78. The second-order valence-electron chi connectivity index (χ2n) is 4.19. The molecule has 1 aliphatic heterocycles. The molecule has 1 aromatic carbocycles. The molecule has 4 heteroatoms. The summed E-state index contributed by atoms with van der Waals surface area (Å²) in [4.78, 5) is 11.9. The number of hydrogen-bond donors (Lipinski definition) is 1. The van der Waals surface area contributed by atoms with Gasteiger partial charge in [0.05, 0.1) is 12.8 Å².